The molecule has 0 radical (unpaired) electrons. The minimum absolute atomic E-state index is 0.218. The zero-order valence-corrected chi connectivity index (χ0v) is 12.3. The predicted octanol–water partition coefficient (Wildman–Crippen LogP) is 2.71. The van der Waals surface area contributed by atoms with Gasteiger partial charge in [0.1, 0.15) is 0 Å². The molecule has 1 unspecified atom stereocenters. The second-order valence-electron chi connectivity index (χ2n) is 6.03. The molecular formula is C15H30N2O. The molecule has 1 saturated heterocycles. The molecule has 1 heterocycles. The van der Waals surface area contributed by atoms with E-state index in [0.717, 1.165) is 38.9 Å². The van der Waals surface area contributed by atoms with Crippen LogP contribution in [0.25, 0.3) is 0 Å². The summed E-state index contributed by atoms with van der Waals surface area (Å²) in [4.78, 5) is 12.1. The van der Waals surface area contributed by atoms with Crippen LogP contribution in [0.2, 0.25) is 0 Å². The molecule has 0 aliphatic carbocycles. The molecule has 0 spiro atoms. The van der Waals surface area contributed by atoms with E-state index in [1.54, 1.807) is 0 Å². The molecule has 0 aromatic carbocycles. The monoisotopic (exact) mass is 254 g/mol. The second-order valence-corrected chi connectivity index (χ2v) is 6.03. The van der Waals surface area contributed by atoms with Gasteiger partial charge >= 0.3 is 0 Å². The summed E-state index contributed by atoms with van der Waals surface area (Å²) < 4.78 is 0. The van der Waals surface area contributed by atoms with Crippen molar-refractivity contribution in [1.29, 1.82) is 0 Å². The summed E-state index contributed by atoms with van der Waals surface area (Å²) in [6.45, 7) is 9.60. The Hall–Kier alpha value is -0.570. The Morgan fingerprint density at radius 2 is 2.00 bits per heavy atom. The number of amides is 1. The molecule has 1 fully saturated rings. The molecular weight excluding hydrogens is 224 g/mol. The third-order valence-electron chi connectivity index (χ3n) is 4.27. The van der Waals surface area contributed by atoms with Crippen molar-refractivity contribution in [3.8, 4) is 0 Å². The topological polar surface area (TPSA) is 41.1 Å². The molecule has 0 saturated carbocycles. The van der Waals surface area contributed by atoms with Crippen molar-refractivity contribution in [1.82, 2.24) is 10.6 Å². The highest BCUT2D eigenvalue weighted by molar-refractivity contribution is 5.78. The van der Waals surface area contributed by atoms with Crippen molar-refractivity contribution in [2.45, 2.75) is 59.3 Å². The molecule has 2 N–H and O–H groups in total. The quantitative estimate of drug-likeness (QED) is 0.733. The van der Waals surface area contributed by atoms with Gasteiger partial charge in [-0.25, -0.2) is 0 Å². The first kappa shape index (κ1) is 15.5. The van der Waals surface area contributed by atoms with Gasteiger partial charge in [-0.05, 0) is 44.2 Å². The van der Waals surface area contributed by atoms with E-state index in [2.05, 4.69) is 31.4 Å². The summed E-state index contributed by atoms with van der Waals surface area (Å²) in [5.41, 5.74) is 0.296. The molecule has 1 aliphatic rings. The van der Waals surface area contributed by atoms with Gasteiger partial charge in [-0.15, -0.1) is 0 Å². The lowest BCUT2D eigenvalue weighted by molar-refractivity contribution is -0.125. The van der Waals surface area contributed by atoms with Crippen LogP contribution in [0.1, 0.15) is 59.3 Å². The highest BCUT2D eigenvalue weighted by atomic mass is 16.1. The van der Waals surface area contributed by atoms with E-state index in [1.807, 2.05) is 0 Å². The van der Waals surface area contributed by atoms with Gasteiger partial charge in [0.2, 0.25) is 5.91 Å². The van der Waals surface area contributed by atoms with E-state index >= 15 is 0 Å². The lowest BCUT2D eigenvalue weighted by Crippen LogP contribution is -2.44. The summed E-state index contributed by atoms with van der Waals surface area (Å²) in [5.74, 6) is 0.487. The highest BCUT2D eigenvalue weighted by Gasteiger charge is 2.27. The highest BCUT2D eigenvalue weighted by Crippen LogP contribution is 2.27. The van der Waals surface area contributed by atoms with Gasteiger partial charge in [0, 0.05) is 12.5 Å². The average Bonchev–Trinajstić information content (AvgIpc) is 2.38. The van der Waals surface area contributed by atoms with Gasteiger partial charge in [0.05, 0.1) is 0 Å². The number of hydrogen-bond donors (Lipinski definition) is 2. The Kier molecular flexibility index (Phi) is 6.69. The number of carbonyl (C=O) groups is 1. The zero-order valence-electron chi connectivity index (χ0n) is 12.3. The van der Waals surface area contributed by atoms with Crippen LogP contribution in [0.4, 0.5) is 0 Å². The van der Waals surface area contributed by atoms with Crippen molar-refractivity contribution in [2.75, 3.05) is 19.6 Å². The summed E-state index contributed by atoms with van der Waals surface area (Å²) in [6.07, 6.45) is 6.67. The number of nitrogens with one attached hydrogen (secondary N) is 2. The summed E-state index contributed by atoms with van der Waals surface area (Å²) in [7, 11) is 0. The number of unbranched alkanes of at least 4 members (excludes halogenated alkanes) is 1. The Morgan fingerprint density at radius 1 is 1.33 bits per heavy atom. The van der Waals surface area contributed by atoms with Gasteiger partial charge in [0.25, 0.3) is 0 Å². The summed E-state index contributed by atoms with van der Waals surface area (Å²) in [5, 5.41) is 6.56. The van der Waals surface area contributed by atoms with Crippen LogP contribution in [0, 0.1) is 11.3 Å². The zero-order chi connectivity index (χ0) is 13.4. The van der Waals surface area contributed by atoms with Crippen LogP contribution in [0.5, 0.6) is 0 Å². The fourth-order valence-electron chi connectivity index (χ4n) is 2.62. The number of piperidine rings is 1. The minimum atomic E-state index is 0.218. The first-order chi connectivity index (χ1) is 8.61. The molecule has 18 heavy (non-hydrogen) atoms. The Morgan fingerprint density at radius 3 is 2.56 bits per heavy atom. The molecule has 1 aliphatic heterocycles. The van der Waals surface area contributed by atoms with E-state index in [9.17, 15) is 4.79 Å². The van der Waals surface area contributed by atoms with Crippen LogP contribution in [-0.2, 0) is 4.79 Å². The van der Waals surface area contributed by atoms with E-state index in [1.165, 1.54) is 19.3 Å². The van der Waals surface area contributed by atoms with Crippen molar-refractivity contribution >= 4 is 5.91 Å². The maximum Gasteiger partial charge on any atom is 0.223 e. The molecule has 1 rings (SSSR count). The van der Waals surface area contributed by atoms with E-state index in [-0.39, 0.29) is 11.8 Å². The SMILES string of the molecule is CCCCC(CC)C(=O)NCC1(C)CCNCC1. The maximum absolute atomic E-state index is 12.1. The third kappa shape index (κ3) is 4.97. The van der Waals surface area contributed by atoms with Crippen LogP contribution < -0.4 is 10.6 Å². The molecule has 1 amide bonds. The third-order valence-corrected chi connectivity index (χ3v) is 4.27. The van der Waals surface area contributed by atoms with Gasteiger partial charge in [-0.2, -0.15) is 0 Å². The lowest BCUT2D eigenvalue weighted by Gasteiger charge is -2.34. The summed E-state index contributed by atoms with van der Waals surface area (Å²) >= 11 is 0. The molecule has 3 nitrogen and oxygen atoms in total. The number of rotatable bonds is 7. The fourth-order valence-corrected chi connectivity index (χ4v) is 2.62. The average molecular weight is 254 g/mol. The van der Waals surface area contributed by atoms with Crippen LogP contribution in [0.3, 0.4) is 0 Å². The van der Waals surface area contributed by atoms with E-state index in [0.29, 0.717) is 5.41 Å². The van der Waals surface area contributed by atoms with Crippen LogP contribution in [-0.4, -0.2) is 25.5 Å². The molecule has 3 heteroatoms. The molecule has 106 valence electrons. The fraction of sp³-hybridized carbons (Fsp3) is 0.933. The minimum Gasteiger partial charge on any atom is -0.355 e. The van der Waals surface area contributed by atoms with E-state index < -0.39 is 0 Å². The van der Waals surface area contributed by atoms with Crippen molar-refractivity contribution < 1.29 is 4.79 Å². The number of hydrogen-bond acceptors (Lipinski definition) is 2. The van der Waals surface area contributed by atoms with Crippen molar-refractivity contribution in [3.63, 3.8) is 0 Å². The second kappa shape index (κ2) is 7.78. The standard InChI is InChI=1S/C15H30N2O/c1-4-6-7-13(5-2)14(18)17-12-15(3)8-10-16-11-9-15/h13,16H,4-12H2,1-3H3,(H,17,18). The van der Waals surface area contributed by atoms with Gasteiger partial charge < -0.3 is 10.6 Å². The first-order valence-electron chi connectivity index (χ1n) is 7.59. The van der Waals surface area contributed by atoms with Crippen molar-refractivity contribution in [3.05, 3.63) is 0 Å². The van der Waals surface area contributed by atoms with Crippen molar-refractivity contribution in [2.24, 2.45) is 11.3 Å². The van der Waals surface area contributed by atoms with Gasteiger partial charge in [-0.3, -0.25) is 4.79 Å². The molecule has 0 bridgehead atoms. The Balaban J connectivity index is 2.33. The maximum atomic E-state index is 12.1. The Labute approximate surface area is 112 Å². The smallest absolute Gasteiger partial charge is 0.223 e. The first-order valence-corrected chi connectivity index (χ1v) is 7.59. The van der Waals surface area contributed by atoms with Gasteiger partial charge in [-0.1, -0.05) is 33.6 Å². The normalized spacial score (nSPS) is 20.4. The van der Waals surface area contributed by atoms with E-state index in [4.69, 9.17) is 0 Å². The van der Waals surface area contributed by atoms with Crippen LogP contribution >= 0.6 is 0 Å². The van der Waals surface area contributed by atoms with Gasteiger partial charge in [0.15, 0.2) is 0 Å². The lowest BCUT2D eigenvalue weighted by atomic mass is 9.81. The molecule has 1 atom stereocenters. The predicted molar refractivity (Wildman–Crippen MR) is 76.5 cm³/mol. The summed E-state index contributed by atoms with van der Waals surface area (Å²) in [6, 6.07) is 0. The largest absolute Gasteiger partial charge is 0.355 e. The molecule has 0 aromatic rings. The molecule has 0 aromatic heterocycles. The Bertz CT molecular complexity index is 247. The van der Waals surface area contributed by atoms with Crippen LogP contribution in [0.15, 0.2) is 0 Å². The number of carbonyl (C=O) groups excluding carboxylic acids is 1.